The van der Waals surface area contributed by atoms with Crippen LogP contribution in [-0.4, -0.2) is 28.6 Å². The lowest BCUT2D eigenvalue weighted by Crippen LogP contribution is -2.25. The van der Waals surface area contributed by atoms with E-state index in [9.17, 15) is 4.79 Å². The Kier molecular flexibility index (Phi) is 3.96. The number of H-pyrrole nitrogens is 1. The molecule has 0 bridgehead atoms. The third-order valence-corrected chi connectivity index (χ3v) is 4.04. The quantitative estimate of drug-likeness (QED) is 0.807. The lowest BCUT2D eigenvalue weighted by Gasteiger charge is -2.06. The molecule has 1 aromatic heterocycles. The fourth-order valence-corrected chi connectivity index (χ4v) is 2.76. The molecule has 1 aliphatic rings. The summed E-state index contributed by atoms with van der Waals surface area (Å²) in [4.78, 5) is 14.9. The number of aromatic nitrogens is 2. The lowest BCUT2D eigenvalue weighted by atomic mass is 10.2. The van der Waals surface area contributed by atoms with Crippen molar-refractivity contribution < 1.29 is 9.53 Å². The molecule has 1 aliphatic carbocycles. The molecule has 0 radical (unpaired) electrons. The normalized spacial score (nSPS) is 14.3. The molecule has 0 aliphatic heterocycles. The van der Waals surface area contributed by atoms with Gasteiger partial charge in [0, 0.05) is 19.0 Å². The number of para-hydroxylation sites is 1. The zero-order valence-electron chi connectivity index (χ0n) is 12.0. The maximum Gasteiger partial charge on any atom is 0.220 e. The van der Waals surface area contributed by atoms with Gasteiger partial charge in [0.1, 0.15) is 11.3 Å². The second-order valence-corrected chi connectivity index (χ2v) is 5.77. The predicted octanol–water partition coefficient (Wildman–Crippen LogP) is 2.77. The monoisotopic (exact) mass is 305 g/mol. The van der Waals surface area contributed by atoms with Gasteiger partial charge in [-0.3, -0.25) is 4.79 Å². The number of carbonyl (C=O) groups excluding carboxylic acids is 1. The first-order valence-corrected chi connectivity index (χ1v) is 7.65. The van der Waals surface area contributed by atoms with Gasteiger partial charge in [-0.25, -0.2) is 0 Å². The summed E-state index contributed by atoms with van der Waals surface area (Å²) in [7, 11) is 1.64. The summed E-state index contributed by atoms with van der Waals surface area (Å²) >= 11 is 5.37. The summed E-state index contributed by atoms with van der Waals surface area (Å²) in [5.74, 6) is 0.922. The van der Waals surface area contributed by atoms with E-state index in [1.165, 1.54) is 0 Å². The molecular formula is C15H19N3O2S. The van der Waals surface area contributed by atoms with E-state index in [4.69, 9.17) is 17.0 Å². The standard InChI is InChI=1S/C15H19N3O2S/c1-20-12-5-2-4-11-14(12)17-15(21)18(11)9-3-6-13(19)16-10-7-8-10/h2,4-5,10H,3,6-9H2,1H3,(H,16,19)(H,17,21). The SMILES string of the molecule is COc1cccc2c1[nH]c(=S)n2CCCC(=O)NC1CC1. The van der Waals surface area contributed by atoms with E-state index in [0.717, 1.165) is 42.6 Å². The van der Waals surface area contributed by atoms with Crippen molar-refractivity contribution in [1.82, 2.24) is 14.9 Å². The van der Waals surface area contributed by atoms with Crippen molar-refractivity contribution in [2.75, 3.05) is 7.11 Å². The Morgan fingerprint density at radius 1 is 1.52 bits per heavy atom. The minimum absolute atomic E-state index is 0.140. The molecule has 0 saturated heterocycles. The van der Waals surface area contributed by atoms with Gasteiger partial charge in [0.05, 0.1) is 12.6 Å². The number of hydrogen-bond acceptors (Lipinski definition) is 3. The number of nitrogens with zero attached hydrogens (tertiary/aromatic N) is 1. The van der Waals surface area contributed by atoms with Gasteiger partial charge in [0.2, 0.25) is 5.91 Å². The van der Waals surface area contributed by atoms with Crippen LogP contribution in [0.4, 0.5) is 0 Å². The third-order valence-electron chi connectivity index (χ3n) is 3.72. The molecule has 2 N–H and O–H groups in total. The molecule has 1 heterocycles. The highest BCUT2D eigenvalue weighted by atomic mass is 32.1. The molecule has 1 fully saturated rings. The number of aryl methyl sites for hydroxylation is 1. The summed E-state index contributed by atoms with van der Waals surface area (Å²) < 4.78 is 8.02. The highest BCUT2D eigenvalue weighted by Crippen LogP contribution is 2.25. The number of nitrogens with one attached hydrogen (secondary N) is 2. The summed E-state index contributed by atoms with van der Waals surface area (Å²) in [5, 5.41) is 3.00. The largest absolute Gasteiger partial charge is 0.494 e. The Hall–Kier alpha value is -1.82. The minimum Gasteiger partial charge on any atom is -0.494 e. The van der Waals surface area contributed by atoms with Gasteiger partial charge in [-0.05, 0) is 43.6 Å². The van der Waals surface area contributed by atoms with Gasteiger partial charge in [0.15, 0.2) is 4.77 Å². The molecule has 1 saturated carbocycles. The van der Waals surface area contributed by atoms with Gasteiger partial charge < -0.3 is 19.6 Å². The number of rotatable bonds is 6. The van der Waals surface area contributed by atoms with Crippen molar-refractivity contribution in [1.29, 1.82) is 0 Å². The smallest absolute Gasteiger partial charge is 0.220 e. The van der Waals surface area contributed by atoms with Crippen LogP contribution in [0, 0.1) is 4.77 Å². The molecule has 0 atom stereocenters. The number of carbonyl (C=O) groups is 1. The minimum atomic E-state index is 0.140. The third kappa shape index (κ3) is 3.10. The van der Waals surface area contributed by atoms with Crippen LogP contribution in [0.25, 0.3) is 11.0 Å². The zero-order chi connectivity index (χ0) is 14.8. The van der Waals surface area contributed by atoms with Crippen LogP contribution < -0.4 is 10.1 Å². The zero-order valence-corrected chi connectivity index (χ0v) is 12.8. The average Bonchev–Trinajstić information content (AvgIpc) is 3.22. The van der Waals surface area contributed by atoms with Crippen molar-refractivity contribution in [2.45, 2.75) is 38.3 Å². The summed E-state index contributed by atoms with van der Waals surface area (Å²) in [6.45, 7) is 0.726. The molecule has 3 rings (SSSR count). The predicted molar refractivity (Wildman–Crippen MR) is 84.1 cm³/mol. The number of hydrogen-bond donors (Lipinski definition) is 2. The van der Waals surface area contributed by atoms with Crippen molar-refractivity contribution in [3.8, 4) is 5.75 Å². The van der Waals surface area contributed by atoms with E-state index >= 15 is 0 Å². The average molecular weight is 305 g/mol. The van der Waals surface area contributed by atoms with E-state index in [2.05, 4.69) is 10.3 Å². The molecular weight excluding hydrogens is 286 g/mol. The topological polar surface area (TPSA) is 59.0 Å². The highest BCUT2D eigenvalue weighted by Gasteiger charge is 2.22. The second-order valence-electron chi connectivity index (χ2n) is 5.38. The van der Waals surface area contributed by atoms with Gasteiger partial charge >= 0.3 is 0 Å². The first-order valence-electron chi connectivity index (χ1n) is 7.24. The Labute approximate surface area is 128 Å². The van der Waals surface area contributed by atoms with E-state index in [1.807, 2.05) is 22.8 Å². The van der Waals surface area contributed by atoms with Crippen molar-refractivity contribution in [3.63, 3.8) is 0 Å². The lowest BCUT2D eigenvalue weighted by molar-refractivity contribution is -0.121. The molecule has 1 aromatic carbocycles. The fraction of sp³-hybridized carbons (Fsp3) is 0.467. The fourth-order valence-electron chi connectivity index (χ4n) is 2.47. The first-order chi connectivity index (χ1) is 10.2. The highest BCUT2D eigenvalue weighted by molar-refractivity contribution is 7.71. The summed E-state index contributed by atoms with van der Waals surface area (Å²) in [6, 6.07) is 6.28. The Balaban J connectivity index is 1.70. The van der Waals surface area contributed by atoms with E-state index in [-0.39, 0.29) is 5.91 Å². The van der Waals surface area contributed by atoms with Crippen LogP contribution >= 0.6 is 12.2 Å². The van der Waals surface area contributed by atoms with Crippen LogP contribution in [0.1, 0.15) is 25.7 Å². The van der Waals surface area contributed by atoms with Gasteiger partial charge in [-0.1, -0.05) is 6.07 Å². The molecule has 112 valence electrons. The number of fused-ring (bicyclic) bond motifs is 1. The molecule has 21 heavy (non-hydrogen) atoms. The van der Waals surface area contributed by atoms with Crippen LogP contribution in [-0.2, 0) is 11.3 Å². The maximum atomic E-state index is 11.7. The van der Waals surface area contributed by atoms with Gasteiger partial charge in [-0.15, -0.1) is 0 Å². The van der Waals surface area contributed by atoms with E-state index in [1.54, 1.807) is 7.11 Å². The maximum absolute atomic E-state index is 11.7. The van der Waals surface area contributed by atoms with Crippen molar-refractivity contribution in [3.05, 3.63) is 23.0 Å². The number of imidazole rings is 1. The van der Waals surface area contributed by atoms with Crippen LogP contribution in [0.2, 0.25) is 0 Å². The van der Waals surface area contributed by atoms with Crippen molar-refractivity contribution >= 4 is 29.2 Å². The molecule has 1 amide bonds. The van der Waals surface area contributed by atoms with Gasteiger partial charge in [0.25, 0.3) is 0 Å². The number of ether oxygens (including phenoxy) is 1. The molecule has 0 spiro atoms. The number of aromatic amines is 1. The van der Waals surface area contributed by atoms with Crippen LogP contribution in [0.5, 0.6) is 5.75 Å². The molecule has 5 nitrogen and oxygen atoms in total. The second kappa shape index (κ2) is 5.89. The summed E-state index contributed by atoms with van der Waals surface area (Å²) in [6.07, 6.45) is 3.56. The Bertz CT molecular complexity index is 715. The Morgan fingerprint density at radius 2 is 2.33 bits per heavy atom. The van der Waals surface area contributed by atoms with Gasteiger partial charge in [-0.2, -0.15) is 0 Å². The van der Waals surface area contributed by atoms with Crippen LogP contribution in [0.3, 0.4) is 0 Å². The van der Waals surface area contributed by atoms with Crippen molar-refractivity contribution in [2.24, 2.45) is 0 Å². The Morgan fingerprint density at radius 3 is 3.05 bits per heavy atom. The first kappa shape index (κ1) is 14.1. The van der Waals surface area contributed by atoms with Crippen LogP contribution in [0.15, 0.2) is 18.2 Å². The van der Waals surface area contributed by atoms with E-state index < -0.39 is 0 Å². The molecule has 0 unspecified atom stereocenters. The summed E-state index contributed by atoms with van der Waals surface area (Å²) in [5.41, 5.74) is 1.93. The number of methoxy groups -OCH3 is 1. The number of amides is 1. The molecule has 2 aromatic rings. The number of benzene rings is 1. The van der Waals surface area contributed by atoms with E-state index in [0.29, 0.717) is 17.2 Å². The molecule has 6 heteroatoms.